The number of aromatic carboxylic acids is 1. The lowest BCUT2D eigenvalue weighted by Crippen LogP contribution is -2.41. The van der Waals surface area contributed by atoms with Gasteiger partial charge in [-0.05, 0) is 25.3 Å². The number of benzene rings is 1. The molecule has 0 aromatic heterocycles. The molecule has 5 heteroatoms. The minimum Gasteiger partial charge on any atom is -0.478 e. The highest BCUT2D eigenvalue weighted by Gasteiger charge is 2.42. The van der Waals surface area contributed by atoms with Gasteiger partial charge in [0, 0.05) is 5.56 Å². The van der Waals surface area contributed by atoms with Crippen LogP contribution in [0.5, 0.6) is 0 Å². The van der Waals surface area contributed by atoms with Crippen molar-refractivity contribution in [3.8, 4) is 0 Å². The fourth-order valence-electron chi connectivity index (χ4n) is 2.21. The van der Waals surface area contributed by atoms with Gasteiger partial charge in [0.05, 0.1) is 5.56 Å². The number of aryl methyl sites for hydroxylation is 1. The van der Waals surface area contributed by atoms with E-state index in [-0.39, 0.29) is 17.4 Å². The van der Waals surface area contributed by atoms with E-state index >= 15 is 0 Å². The van der Waals surface area contributed by atoms with E-state index in [1.54, 1.807) is 32.0 Å². The molecule has 20 heavy (non-hydrogen) atoms. The van der Waals surface area contributed by atoms with Crippen LogP contribution in [0.2, 0.25) is 0 Å². The first-order valence-corrected chi connectivity index (χ1v) is 6.52. The molecule has 1 aliphatic heterocycles. The van der Waals surface area contributed by atoms with Crippen molar-refractivity contribution in [2.24, 2.45) is 10.9 Å². The second-order valence-electron chi connectivity index (χ2n) is 5.52. The predicted molar refractivity (Wildman–Crippen MR) is 76.1 cm³/mol. The number of carbonyl (C=O) groups is 2. The van der Waals surface area contributed by atoms with Crippen molar-refractivity contribution in [1.82, 2.24) is 5.32 Å². The summed E-state index contributed by atoms with van der Waals surface area (Å²) < 4.78 is 0. The number of rotatable bonds is 3. The fourth-order valence-corrected chi connectivity index (χ4v) is 2.21. The number of carbonyl (C=O) groups excluding carboxylic acids is 1. The maximum absolute atomic E-state index is 12.1. The molecular weight excluding hydrogens is 256 g/mol. The van der Waals surface area contributed by atoms with Crippen LogP contribution < -0.4 is 5.32 Å². The molecular formula is C15H18N2O3. The van der Waals surface area contributed by atoms with E-state index in [2.05, 4.69) is 10.3 Å². The van der Waals surface area contributed by atoms with Crippen molar-refractivity contribution >= 4 is 17.7 Å². The number of amidine groups is 1. The van der Waals surface area contributed by atoms with Crippen molar-refractivity contribution in [2.45, 2.75) is 33.2 Å². The van der Waals surface area contributed by atoms with Gasteiger partial charge in [0.2, 0.25) is 0 Å². The Labute approximate surface area is 117 Å². The number of aliphatic imine (C=N–C) groups is 1. The first-order chi connectivity index (χ1) is 9.27. The molecule has 5 nitrogen and oxygen atoms in total. The van der Waals surface area contributed by atoms with Crippen molar-refractivity contribution in [2.75, 3.05) is 0 Å². The summed E-state index contributed by atoms with van der Waals surface area (Å²) in [6.45, 7) is 7.32. The molecule has 1 heterocycles. The van der Waals surface area contributed by atoms with Gasteiger partial charge in [-0.2, -0.15) is 0 Å². The van der Waals surface area contributed by atoms with Gasteiger partial charge in [-0.3, -0.25) is 9.79 Å². The molecule has 2 N–H and O–H groups in total. The standard InChI is InChI=1S/C15H18N2O3/c1-8(2)15(4)14(20)16-12(17-15)10-7-5-6-9(3)11(10)13(18)19/h5-8H,1-4H3,(H,18,19)(H,16,17,20). The molecule has 1 aromatic rings. The number of hydrogen-bond donors (Lipinski definition) is 2. The summed E-state index contributed by atoms with van der Waals surface area (Å²) in [6.07, 6.45) is 0. The fraction of sp³-hybridized carbons (Fsp3) is 0.400. The molecule has 0 spiro atoms. The van der Waals surface area contributed by atoms with Crippen molar-refractivity contribution in [3.05, 3.63) is 34.9 Å². The predicted octanol–water partition coefficient (Wildman–Crippen LogP) is 1.98. The van der Waals surface area contributed by atoms with Crippen LogP contribution in [0.15, 0.2) is 23.2 Å². The summed E-state index contributed by atoms with van der Waals surface area (Å²) in [5.74, 6) is -0.848. The monoisotopic (exact) mass is 274 g/mol. The Morgan fingerprint density at radius 3 is 2.55 bits per heavy atom. The van der Waals surface area contributed by atoms with Crippen LogP contribution >= 0.6 is 0 Å². The third-order valence-corrected chi connectivity index (χ3v) is 3.90. The largest absolute Gasteiger partial charge is 0.478 e. The van der Waals surface area contributed by atoms with E-state index in [1.165, 1.54) is 0 Å². The van der Waals surface area contributed by atoms with Gasteiger partial charge in [-0.15, -0.1) is 0 Å². The molecule has 106 valence electrons. The zero-order valence-corrected chi connectivity index (χ0v) is 12.0. The molecule has 1 atom stereocenters. The zero-order chi connectivity index (χ0) is 15.1. The van der Waals surface area contributed by atoms with E-state index in [9.17, 15) is 14.7 Å². The lowest BCUT2D eigenvalue weighted by Gasteiger charge is -2.21. The van der Waals surface area contributed by atoms with E-state index < -0.39 is 11.5 Å². The summed E-state index contributed by atoms with van der Waals surface area (Å²) in [5.41, 5.74) is 0.425. The highest BCUT2D eigenvalue weighted by Crippen LogP contribution is 2.28. The van der Waals surface area contributed by atoms with Crippen LogP contribution in [0.3, 0.4) is 0 Å². The van der Waals surface area contributed by atoms with E-state index in [0.29, 0.717) is 17.0 Å². The molecule has 0 saturated carbocycles. The molecule has 0 aliphatic carbocycles. The summed E-state index contributed by atoms with van der Waals surface area (Å²) in [7, 11) is 0. The summed E-state index contributed by atoms with van der Waals surface area (Å²) in [4.78, 5) is 28.0. The van der Waals surface area contributed by atoms with Gasteiger partial charge in [0.15, 0.2) is 0 Å². The van der Waals surface area contributed by atoms with Gasteiger partial charge in [-0.25, -0.2) is 4.79 Å². The van der Waals surface area contributed by atoms with Gasteiger partial charge >= 0.3 is 5.97 Å². The molecule has 0 radical (unpaired) electrons. The van der Waals surface area contributed by atoms with Gasteiger partial charge in [-0.1, -0.05) is 32.0 Å². The van der Waals surface area contributed by atoms with Gasteiger partial charge in [0.25, 0.3) is 5.91 Å². The molecule has 1 amide bonds. The Balaban J connectivity index is 2.57. The Bertz CT molecular complexity index is 620. The quantitative estimate of drug-likeness (QED) is 0.884. The smallest absolute Gasteiger partial charge is 0.336 e. The molecule has 1 aliphatic rings. The second kappa shape index (κ2) is 4.74. The Morgan fingerprint density at radius 2 is 2.05 bits per heavy atom. The van der Waals surface area contributed by atoms with Crippen LogP contribution in [0, 0.1) is 12.8 Å². The van der Waals surface area contributed by atoms with Crippen LogP contribution in [0.25, 0.3) is 0 Å². The SMILES string of the molecule is Cc1cccc(C2=NC(C)(C(C)C)C(=O)N2)c1C(=O)O. The minimum absolute atomic E-state index is 0.0260. The van der Waals surface area contributed by atoms with Crippen LogP contribution in [-0.4, -0.2) is 28.4 Å². The lowest BCUT2D eigenvalue weighted by atomic mass is 9.89. The van der Waals surface area contributed by atoms with Crippen LogP contribution in [-0.2, 0) is 4.79 Å². The van der Waals surface area contributed by atoms with Crippen molar-refractivity contribution < 1.29 is 14.7 Å². The number of hydrogen-bond acceptors (Lipinski definition) is 3. The summed E-state index contributed by atoms with van der Waals surface area (Å²) in [6, 6.07) is 5.16. The van der Waals surface area contributed by atoms with Crippen molar-refractivity contribution in [3.63, 3.8) is 0 Å². The molecule has 2 rings (SSSR count). The summed E-state index contributed by atoms with van der Waals surface area (Å²) in [5, 5.41) is 12.1. The maximum Gasteiger partial charge on any atom is 0.336 e. The van der Waals surface area contributed by atoms with Gasteiger partial charge in [0.1, 0.15) is 11.4 Å². The first-order valence-electron chi connectivity index (χ1n) is 6.52. The van der Waals surface area contributed by atoms with Gasteiger partial charge < -0.3 is 10.4 Å². The molecule has 0 fully saturated rings. The number of nitrogens with zero attached hydrogens (tertiary/aromatic N) is 1. The molecule has 0 saturated heterocycles. The number of amides is 1. The number of carboxylic acid groups (broad SMARTS) is 1. The van der Waals surface area contributed by atoms with Crippen LogP contribution in [0.1, 0.15) is 42.3 Å². The summed E-state index contributed by atoms with van der Waals surface area (Å²) >= 11 is 0. The average Bonchev–Trinajstić information content (AvgIpc) is 2.66. The lowest BCUT2D eigenvalue weighted by molar-refractivity contribution is -0.124. The zero-order valence-electron chi connectivity index (χ0n) is 12.0. The number of carboxylic acids is 1. The Morgan fingerprint density at radius 1 is 1.40 bits per heavy atom. The second-order valence-corrected chi connectivity index (χ2v) is 5.52. The van der Waals surface area contributed by atoms with Crippen molar-refractivity contribution in [1.29, 1.82) is 0 Å². The average molecular weight is 274 g/mol. The molecule has 1 aromatic carbocycles. The highest BCUT2D eigenvalue weighted by molar-refractivity contribution is 6.18. The Hall–Kier alpha value is -2.17. The Kier molecular flexibility index (Phi) is 3.38. The normalized spacial score (nSPS) is 21.9. The maximum atomic E-state index is 12.1. The third kappa shape index (κ3) is 2.09. The molecule has 0 bridgehead atoms. The highest BCUT2D eigenvalue weighted by atomic mass is 16.4. The van der Waals surface area contributed by atoms with E-state index in [1.807, 2.05) is 13.8 Å². The topological polar surface area (TPSA) is 78.8 Å². The minimum atomic E-state index is -1.02. The number of nitrogens with one attached hydrogen (secondary N) is 1. The molecule has 1 unspecified atom stereocenters. The third-order valence-electron chi connectivity index (χ3n) is 3.90. The van der Waals surface area contributed by atoms with E-state index in [0.717, 1.165) is 0 Å². The van der Waals surface area contributed by atoms with E-state index in [4.69, 9.17) is 0 Å². The van der Waals surface area contributed by atoms with Crippen LogP contribution in [0.4, 0.5) is 0 Å². The first kappa shape index (κ1) is 14.2.